The Labute approximate surface area is 126 Å². The number of hydrogen-bond donors (Lipinski definition) is 1. The fourth-order valence-electron chi connectivity index (χ4n) is 2.82. The highest BCUT2D eigenvalue weighted by molar-refractivity contribution is 5.93. The van der Waals surface area contributed by atoms with Gasteiger partial charge in [-0.05, 0) is 43.0 Å². The second-order valence-corrected chi connectivity index (χ2v) is 5.88. The summed E-state index contributed by atoms with van der Waals surface area (Å²) in [5, 5.41) is 2.94. The lowest BCUT2D eigenvalue weighted by Crippen LogP contribution is -2.22. The molecule has 114 valence electrons. The van der Waals surface area contributed by atoms with Crippen LogP contribution in [0.25, 0.3) is 0 Å². The Hall–Kier alpha value is -1.84. The number of nitrogens with one attached hydrogen (secondary N) is 1. The van der Waals surface area contributed by atoms with Gasteiger partial charge >= 0.3 is 0 Å². The zero-order valence-electron chi connectivity index (χ0n) is 12.9. The summed E-state index contributed by atoms with van der Waals surface area (Å²) in [7, 11) is 1.74. The van der Waals surface area contributed by atoms with Crippen LogP contribution in [0, 0.1) is 5.92 Å². The van der Waals surface area contributed by atoms with Crippen molar-refractivity contribution in [2.45, 2.75) is 45.4 Å². The van der Waals surface area contributed by atoms with Gasteiger partial charge in [-0.2, -0.15) is 0 Å². The van der Waals surface area contributed by atoms with Crippen LogP contribution in [0.2, 0.25) is 0 Å². The van der Waals surface area contributed by atoms with Gasteiger partial charge in [-0.3, -0.25) is 9.59 Å². The smallest absolute Gasteiger partial charge is 0.224 e. The molecule has 1 aliphatic carbocycles. The minimum atomic E-state index is -0.0101. The van der Waals surface area contributed by atoms with Crippen LogP contribution in [0.5, 0.6) is 0 Å². The lowest BCUT2D eigenvalue weighted by molar-refractivity contribution is -0.117. The SMILES string of the molecule is CC(=O)N(C)c1ccc(NC(=O)CC2CCCCC2)cc1. The highest BCUT2D eigenvalue weighted by Gasteiger charge is 2.17. The van der Waals surface area contributed by atoms with Crippen LogP contribution in [-0.4, -0.2) is 18.9 Å². The van der Waals surface area contributed by atoms with Gasteiger partial charge in [0.1, 0.15) is 0 Å². The van der Waals surface area contributed by atoms with E-state index in [4.69, 9.17) is 0 Å². The van der Waals surface area contributed by atoms with Crippen molar-refractivity contribution in [3.05, 3.63) is 24.3 Å². The number of hydrogen-bond acceptors (Lipinski definition) is 2. The molecule has 1 N–H and O–H groups in total. The predicted octanol–water partition coefficient (Wildman–Crippen LogP) is 3.58. The lowest BCUT2D eigenvalue weighted by Gasteiger charge is -2.21. The predicted molar refractivity (Wildman–Crippen MR) is 85.3 cm³/mol. The quantitative estimate of drug-likeness (QED) is 0.920. The molecule has 4 nitrogen and oxygen atoms in total. The Kier molecular flexibility index (Phi) is 5.37. The molecule has 21 heavy (non-hydrogen) atoms. The normalized spacial score (nSPS) is 15.5. The Bertz CT molecular complexity index is 490. The maximum atomic E-state index is 12.0. The molecule has 0 aliphatic heterocycles. The topological polar surface area (TPSA) is 49.4 Å². The molecule has 1 aliphatic rings. The first-order valence-electron chi connectivity index (χ1n) is 7.70. The summed E-state index contributed by atoms with van der Waals surface area (Å²) in [5.41, 5.74) is 1.62. The summed E-state index contributed by atoms with van der Waals surface area (Å²) in [6.45, 7) is 1.53. The molecule has 1 fully saturated rings. The summed E-state index contributed by atoms with van der Waals surface area (Å²) in [6.07, 6.45) is 6.79. The molecule has 1 saturated carbocycles. The molecule has 0 bridgehead atoms. The first kappa shape index (κ1) is 15.5. The number of benzene rings is 1. The largest absolute Gasteiger partial charge is 0.326 e. The zero-order chi connectivity index (χ0) is 15.2. The van der Waals surface area contributed by atoms with Crippen molar-refractivity contribution in [2.75, 3.05) is 17.3 Å². The molecule has 0 radical (unpaired) electrons. The van der Waals surface area contributed by atoms with Crippen LogP contribution < -0.4 is 10.2 Å². The van der Waals surface area contributed by atoms with Gasteiger partial charge < -0.3 is 10.2 Å². The molecule has 0 spiro atoms. The first-order valence-corrected chi connectivity index (χ1v) is 7.70. The van der Waals surface area contributed by atoms with E-state index in [-0.39, 0.29) is 11.8 Å². The van der Waals surface area contributed by atoms with E-state index < -0.39 is 0 Å². The van der Waals surface area contributed by atoms with E-state index in [2.05, 4.69) is 5.32 Å². The number of rotatable bonds is 4. The molecule has 0 saturated heterocycles. The Morgan fingerprint density at radius 1 is 1.14 bits per heavy atom. The third kappa shape index (κ3) is 4.59. The molecule has 0 aromatic heterocycles. The number of carbonyl (C=O) groups is 2. The van der Waals surface area contributed by atoms with Crippen molar-refractivity contribution in [1.82, 2.24) is 0 Å². The number of anilines is 2. The summed E-state index contributed by atoms with van der Waals surface area (Å²) >= 11 is 0. The molecule has 2 amide bonds. The molecule has 0 heterocycles. The molecular weight excluding hydrogens is 264 g/mol. The number of amides is 2. The molecular formula is C17H24N2O2. The van der Waals surface area contributed by atoms with Crippen molar-refractivity contribution in [3.8, 4) is 0 Å². The van der Waals surface area contributed by atoms with Crippen LogP contribution in [-0.2, 0) is 9.59 Å². The van der Waals surface area contributed by atoms with Crippen LogP contribution in [0.4, 0.5) is 11.4 Å². The Morgan fingerprint density at radius 2 is 1.76 bits per heavy atom. The van der Waals surface area contributed by atoms with E-state index in [0.29, 0.717) is 12.3 Å². The van der Waals surface area contributed by atoms with E-state index in [1.165, 1.54) is 39.0 Å². The van der Waals surface area contributed by atoms with Gasteiger partial charge in [0.2, 0.25) is 11.8 Å². The second kappa shape index (κ2) is 7.25. The van der Waals surface area contributed by atoms with Crippen molar-refractivity contribution in [3.63, 3.8) is 0 Å². The van der Waals surface area contributed by atoms with Gasteiger partial charge in [0.05, 0.1) is 0 Å². The maximum Gasteiger partial charge on any atom is 0.224 e. The van der Waals surface area contributed by atoms with Gasteiger partial charge in [0, 0.05) is 31.8 Å². The average molecular weight is 288 g/mol. The van der Waals surface area contributed by atoms with E-state index in [1.807, 2.05) is 24.3 Å². The molecule has 1 aromatic rings. The molecule has 2 rings (SSSR count). The maximum absolute atomic E-state index is 12.0. The van der Waals surface area contributed by atoms with Crippen molar-refractivity contribution in [2.24, 2.45) is 5.92 Å². The average Bonchev–Trinajstić information content (AvgIpc) is 2.48. The Balaban J connectivity index is 1.87. The van der Waals surface area contributed by atoms with Gasteiger partial charge in [-0.25, -0.2) is 0 Å². The third-order valence-electron chi connectivity index (χ3n) is 4.21. The van der Waals surface area contributed by atoms with Gasteiger partial charge in [0.25, 0.3) is 0 Å². The van der Waals surface area contributed by atoms with Crippen LogP contribution in [0.1, 0.15) is 45.4 Å². The van der Waals surface area contributed by atoms with E-state index >= 15 is 0 Å². The van der Waals surface area contributed by atoms with Crippen molar-refractivity contribution >= 4 is 23.2 Å². The molecule has 4 heteroatoms. The van der Waals surface area contributed by atoms with Crippen LogP contribution in [0.15, 0.2) is 24.3 Å². The third-order valence-corrected chi connectivity index (χ3v) is 4.21. The Morgan fingerprint density at radius 3 is 2.33 bits per heavy atom. The highest BCUT2D eigenvalue weighted by Crippen LogP contribution is 2.26. The molecule has 1 aromatic carbocycles. The first-order chi connectivity index (χ1) is 10.1. The standard InChI is InChI=1S/C17H24N2O2/c1-13(20)19(2)16-10-8-15(9-11-16)18-17(21)12-14-6-4-3-5-7-14/h8-11,14H,3-7,12H2,1-2H3,(H,18,21). The monoisotopic (exact) mass is 288 g/mol. The highest BCUT2D eigenvalue weighted by atomic mass is 16.2. The fourth-order valence-corrected chi connectivity index (χ4v) is 2.82. The van der Waals surface area contributed by atoms with E-state index in [0.717, 1.165) is 11.4 Å². The summed E-state index contributed by atoms with van der Waals surface area (Å²) in [6, 6.07) is 7.37. The summed E-state index contributed by atoms with van der Waals surface area (Å²) in [4.78, 5) is 24.9. The van der Waals surface area contributed by atoms with Gasteiger partial charge in [0.15, 0.2) is 0 Å². The molecule has 0 unspecified atom stereocenters. The van der Waals surface area contributed by atoms with Crippen molar-refractivity contribution in [1.29, 1.82) is 0 Å². The van der Waals surface area contributed by atoms with Crippen molar-refractivity contribution < 1.29 is 9.59 Å². The van der Waals surface area contributed by atoms with E-state index in [1.54, 1.807) is 11.9 Å². The summed E-state index contributed by atoms with van der Waals surface area (Å²) < 4.78 is 0. The van der Waals surface area contributed by atoms with Crippen LogP contribution in [0.3, 0.4) is 0 Å². The minimum absolute atomic E-state index is 0.0101. The minimum Gasteiger partial charge on any atom is -0.326 e. The second-order valence-electron chi connectivity index (χ2n) is 5.88. The fraction of sp³-hybridized carbons (Fsp3) is 0.529. The summed E-state index contributed by atoms with van der Waals surface area (Å²) in [5.74, 6) is 0.625. The lowest BCUT2D eigenvalue weighted by atomic mass is 9.87. The van der Waals surface area contributed by atoms with Gasteiger partial charge in [-0.1, -0.05) is 19.3 Å². The molecule has 0 atom stereocenters. The van der Waals surface area contributed by atoms with Gasteiger partial charge in [-0.15, -0.1) is 0 Å². The zero-order valence-corrected chi connectivity index (χ0v) is 12.9. The number of carbonyl (C=O) groups excluding carboxylic acids is 2. The van der Waals surface area contributed by atoms with E-state index in [9.17, 15) is 9.59 Å². The van der Waals surface area contributed by atoms with Crippen LogP contribution >= 0.6 is 0 Å². The number of nitrogens with zero attached hydrogens (tertiary/aromatic N) is 1.